The Labute approximate surface area is 214 Å². The maximum atomic E-state index is 13.0. The van der Waals surface area contributed by atoms with Gasteiger partial charge in [0.2, 0.25) is 11.8 Å². The zero-order valence-corrected chi connectivity index (χ0v) is 21.1. The van der Waals surface area contributed by atoms with Gasteiger partial charge in [0.05, 0.1) is 26.1 Å². The molecule has 0 fully saturated rings. The molecule has 0 radical (unpaired) electrons. The summed E-state index contributed by atoms with van der Waals surface area (Å²) in [4.78, 5) is 65.4. The standard InChI is InChI=1S/C26H31N3O8/c1-15(2)25(29-23(32)11-18-10-17(16(3)30)7-8-22(18)36-4)26(35)28-20(12-24(33)34)21(31)14-37-19-6-5-9-27-13-19/h5-10,13,15,20,25H,11-12,14H2,1-4H3,(H,28,35)(H,29,32)(H,33,34)/t20-,25-/m0/s1. The molecule has 11 nitrogen and oxygen atoms in total. The van der Waals surface area contributed by atoms with Gasteiger partial charge in [-0.05, 0) is 43.2 Å². The normalized spacial score (nSPS) is 12.2. The number of carboxylic acids is 1. The summed E-state index contributed by atoms with van der Waals surface area (Å²) in [6.07, 6.45) is 2.09. The van der Waals surface area contributed by atoms with Crippen molar-refractivity contribution in [2.45, 2.75) is 45.7 Å². The molecule has 1 aromatic carbocycles. The van der Waals surface area contributed by atoms with E-state index in [9.17, 15) is 29.1 Å². The van der Waals surface area contributed by atoms with Gasteiger partial charge >= 0.3 is 5.97 Å². The minimum Gasteiger partial charge on any atom is -0.496 e. The lowest BCUT2D eigenvalue weighted by molar-refractivity contribution is -0.141. The lowest BCUT2D eigenvalue weighted by atomic mass is 10.0. The molecule has 0 saturated carbocycles. The number of aromatic nitrogens is 1. The summed E-state index contributed by atoms with van der Waals surface area (Å²) in [6.45, 7) is 4.32. The van der Waals surface area contributed by atoms with Crippen molar-refractivity contribution < 1.29 is 38.6 Å². The van der Waals surface area contributed by atoms with Crippen LogP contribution in [-0.4, -0.2) is 65.2 Å². The molecule has 3 N–H and O–H groups in total. The van der Waals surface area contributed by atoms with Crippen LogP contribution >= 0.6 is 0 Å². The summed E-state index contributed by atoms with van der Waals surface area (Å²) in [7, 11) is 1.44. The summed E-state index contributed by atoms with van der Waals surface area (Å²) in [5.41, 5.74) is 0.868. The summed E-state index contributed by atoms with van der Waals surface area (Å²) >= 11 is 0. The van der Waals surface area contributed by atoms with Gasteiger partial charge in [0.1, 0.15) is 30.2 Å². The van der Waals surface area contributed by atoms with Crippen LogP contribution in [0.5, 0.6) is 11.5 Å². The van der Waals surface area contributed by atoms with Crippen molar-refractivity contribution in [3.63, 3.8) is 0 Å². The van der Waals surface area contributed by atoms with E-state index in [-0.39, 0.29) is 18.1 Å². The van der Waals surface area contributed by atoms with E-state index in [2.05, 4.69) is 15.6 Å². The van der Waals surface area contributed by atoms with E-state index in [0.29, 0.717) is 22.6 Å². The number of hydrogen-bond donors (Lipinski definition) is 3. The van der Waals surface area contributed by atoms with Gasteiger partial charge in [-0.2, -0.15) is 0 Å². The van der Waals surface area contributed by atoms with Crippen molar-refractivity contribution in [3.05, 3.63) is 53.9 Å². The fourth-order valence-electron chi connectivity index (χ4n) is 3.44. The van der Waals surface area contributed by atoms with Crippen molar-refractivity contribution in [2.75, 3.05) is 13.7 Å². The maximum Gasteiger partial charge on any atom is 0.305 e. The number of amides is 2. The first-order valence-corrected chi connectivity index (χ1v) is 11.6. The molecule has 0 aliphatic heterocycles. The number of Topliss-reactive ketones (excluding diaryl/α,β-unsaturated/α-hetero) is 2. The van der Waals surface area contributed by atoms with Crippen LogP contribution in [0.1, 0.15) is 43.1 Å². The fraction of sp³-hybridized carbons (Fsp3) is 0.385. The molecular formula is C26H31N3O8. The van der Waals surface area contributed by atoms with Crippen molar-refractivity contribution in [3.8, 4) is 11.5 Å². The van der Waals surface area contributed by atoms with Crippen molar-refractivity contribution in [1.29, 1.82) is 0 Å². The number of methoxy groups -OCH3 is 1. The number of nitrogens with one attached hydrogen (secondary N) is 2. The molecule has 0 spiro atoms. The van der Waals surface area contributed by atoms with Crippen LogP contribution in [-0.2, 0) is 25.6 Å². The topological polar surface area (TPSA) is 161 Å². The third-order valence-electron chi connectivity index (χ3n) is 5.40. The van der Waals surface area contributed by atoms with E-state index < -0.39 is 48.7 Å². The third-order valence-corrected chi connectivity index (χ3v) is 5.40. The van der Waals surface area contributed by atoms with E-state index in [4.69, 9.17) is 9.47 Å². The maximum absolute atomic E-state index is 13.0. The molecule has 2 amide bonds. The van der Waals surface area contributed by atoms with Crippen LogP contribution in [0.3, 0.4) is 0 Å². The lowest BCUT2D eigenvalue weighted by Crippen LogP contribution is -2.54. The smallest absolute Gasteiger partial charge is 0.305 e. The first kappa shape index (κ1) is 29.0. The largest absolute Gasteiger partial charge is 0.496 e. The van der Waals surface area contributed by atoms with Crippen LogP contribution < -0.4 is 20.1 Å². The summed E-state index contributed by atoms with van der Waals surface area (Å²) in [5.74, 6) is -3.02. The SMILES string of the molecule is COc1ccc(C(C)=O)cc1CC(=O)N[C@H](C(=O)N[C@@H](CC(=O)O)C(=O)COc1cccnc1)C(C)C. The second-order valence-electron chi connectivity index (χ2n) is 8.65. The first-order valence-electron chi connectivity index (χ1n) is 11.6. The number of ether oxygens (including phenoxy) is 2. The number of nitrogens with zero attached hydrogens (tertiary/aromatic N) is 1. The molecule has 0 aliphatic rings. The highest BCUT2D eigenvalue weighted by Gasteiger charge is 2.30. The monoisotopic (exact) mass is 513 g/mol. The number of rotatable bonds is 14. The van der Waals surface area contributed by atoms with Gasteiger partial charge in [-0.25, -0.2) is 0 Å². The number of hydrogen-bond acceptors (Lipinski definition) is 8. The number of benzene rings is 1. The molecule has 2 atom stereocenters. The zero-order chi connectivity index (χ0) is 27.5. The molecule has 1 heterocycles. The average Bonchev–Trinajstić information content (AvgIpc) is 2.85. The minimum atomic E-state index is -1.37. The Kier molecular flexibility index (Phi) is 10.7. The van der Waals surface area contributed by atoms with Gasteiger partial charge in [0, 0.05) is 17.3 Å². The quantitative estimate of drug-likeness (QED) is 0.319. The van der Waals surface area contributed by atoms with Crippen LogP contribution in [0, 0.1) is 5.92 Å². The van der Waals surface area contributed by atoms with Crippen molar-refractivity contribution in [1.82, 2.24) is 15.6 Å². The predicted octanol–water partition coefficient (Wildman–Crippen LogP) is 1.58. The Hall–Kier alpha value is -4.28. The number of aliphatic carboxylic acids is 1. The molecule has 0 saturated heterocycles. The molecule has 1 aromatic heterocycles. The minimum absolute atomic E-state index is 0.169. The van der Waals surface area contributed by atoms with Gasteiger partial charge < -0.3 is 25.2 Å². The predicted molar refractivity (Wildman–Crippen MR) is 132 cm³/mol. The van der Waals surface area contributed by atoms with E-state index in [1.807, 2.05) is 0 Å². The number of carboxylic acid groups (broad SMARTS) is 1. The average molecular weight is 514 g/mol. The highest BCUT2D eigenvalue weighted by Crippen LogP contribution is 2.21. The van der Waals surface area contributed by atoms with Gasteiger partial charge in [-0.3, -0.25) is 29.0 Å². The second-order valence-corrected chi connectivity index (χ2v) is 8.65. The first-order chi connectivity index (χ1) is 17.5. The second kappa shape index (κ2) is 13.7. The fourth-order valence-corrected chi connectivity index (χ4v) is 3.44. The van der Waals surface area contributed by atoms with E-state index in [1.165, 1.54) is 26.4 Å². The highest BCUT2D eigenvalue weighted by atomic mass is 16.5. The van der Waals surface area contributed by atoms with Crippen LogP contribution in [0.4, 0.5) is 0 Å². The number of carbonyl (C=O) groups is 5. The highest BCUT2D eigenvalue weighted by molar-refractivity contribution is 5.96. The lowest BCUT2D eigenvalue weighted by Gasteiger charge is -2.25. The molecular weight excluding hydrogens is 482 g/mol. The summed E-state index contributed by atoms with van der Waals surface area (Å²) < 4.78 is 10.6. The molecule has 0 unspecified atom stereocenters. The van der Waals surface area contributed by atoms with Gasteiger partial charge in [0.15, 0.2) is 11.6 Å². The molecule has 2 aromatic rings. The summed E-state index contributed by atoms with van der Waals surface area (Å²) in [5, 5.41) is 14.3. The third kappa shape index (κ3) is 9.02. The Morgan fingerprint density at radius 1 is 1.08 bits per heavy atom. The van der Waals surface area contributed by atoms with E-state index in [0.717, 1.165) is 0 Å². The number of pyridine rings is 1. The molecule has 198 valence electrons. The Bertz CT molecular complexity index is 1130. The van der Waals surface area contributed by atoms with E-state index in [1.54, 1.807) is 44.2 Å². The van der Waals surface area contributed by atoms with Gasteiger partial charge in [-0.1, -0.05) is 13.8 Å². The molecule has 0 bridgehead atoms. The van der Waals surface area contributed by atoms with Crippen LogP contribution in [0.25, 0.3) is 0 Å². The van der Waals surface area contributed by atoms with E-state index >= 15 is 0 Å². The number of carbonyl (C=O) groups excluding carboxylic acids is 4. The zero-order valence-electron chi connectivity index (χ0n) is 21.1. The van der Waals surface area contributed by atoms with Crippen molar-refractivity contribution >= 4 is 29.4 Å². The van der Waals surface area contributed by atoms with Crippen molar-refractivity contribution in [2.24, 2.45) is 5.92 Å². The number of ketones is 2. The Morgan fingerprint density at radius 2 is 1.81 bits per heavy atom. The molecule has 0 aliphatic carbocycles. The van der Waals surface area contributed by atoms with Gasteiger partial charge in [0.25, 0.3) is 0 Å². The van der Waals surface area contributed by atoms with Crippen LogP contribution in [0.2, 0.25) is 0 Å². The molecule has 2 rings (SSSR count). The van der Waals surface area contributed by atoms with Crippen LogP contribution in [0.15, 0.2) is 42.7 Å². The molecule has 37 heavy (non-hydrogen) atoms. The summed E-state index contributed by atoms with van der Waals surface area (Å²) in [6, 6.07) is 5.49. The Morgan fingerprint density at radius 3 is 2.38 bits per heavy atom. The van der Waals surface area contributed by atoms with Gasteiger partial charge in [-0.15, -0.1) is 0 Å². The molecule has 11 heteroatoms. The Balaban J connectivity index is 2.11.